The van der Waals surface area contributed by atoms with Crippen molar-refractivity contribution in [1.29, 1.82) is 0 Å². The van der Waals surface area contributed by atoms with Gasteiger partial charge in [0.1, 0.15) is 5.52 Å². The van der Waals surface area contributed by atoms with E-state index in [0.29, 0.717) is 18.1 Å². The van der Waals surface area contributed by atoms with Crippen molar-refractivity contribution in [3.63, 3.8) is 0 Å². The second-order valence-electron chi connectivity index (χ2n) is 8.65. The molecule has 2 aromatic rings. The van der Waals surface area contributed by atoms with Gasteiger partial charge in [0.15, 0.2) is 5.65 Å². The molecule has 1 saturated heterocycles. The van der Waals surface area contributed by atoms with Crippen LogP contribution in [0.15, 0.2) is 24.7 Å². The van der Waals surface area contributed by atoms with Gasteiger partial charge in [-0.25, -0.2) is 15.0 Å². The van der Waals surface area contributed by atoms with Crippen molar-refractivity contribution in [3.05, 3.63) is 24.7 Å². The van der Waals surface area contributed by atoms with Crippen LogP contribution in [-0.4, -0.2) is 51.2 Å². The quantitative estimate of drug-likeness (QED) is 0.856. The number of rotatable bonds is 4. The third-order valence-electron chi connectivity index (χ3n) is 5.09. The molecule has 0 bridgehead atoms. The molecule has 3 atom stereocenters. The fraction of sp³-hybridized carbons (Fsp3) is 0.600. The van der Waals surface area contributed by atoms with Crippen LogP contribution in [0.5, 0.6) is 0 Å². The van der Waals surface area contributed by atoms with Crippen LogP contribution in [0.3, 0.4) is 0 Å². The van der Waals surface area contributed by atoms with Gasteiger partial charge in [0.2, 0.25) is 5.91 Å². The summed E-state index contributed by atoms with van der Waals surface area (Å²) in [6, 6.07) is 1.99. The molecule has 0 unspecified atom stereocenters. The van der Waals surface area contributed by atoms with E-state index >= 15 is 0 Å². The molecule has 1 fully saturated rings. The Morgan fingerprint density at radius 3 is 2.70 bits per heavy atom. The summed E-state index contributed by atoms with van der Waals surface area (Å²) in [5, 5.41) is 13.3. The normalized spacial score (nSPS) is 21.9. The van der Waals surface area contributed by atoms with Gasteiger partial charge in [-0.15, -0.1) is 0 Å². The summed E-state index contributed by atoms with van der Waals surface area (Å²) in [5.41, 5.74) is 2.09. The smallest absolute Gasteiger partial charge is 0.222 e. The molecule has 0 radical (unpaired) electrons. The molecule has 7 nitrogen and oxygen atoms in total. The number of hydrogen-bond donors (Lipinski definition) is 2. The summed E-state index contributed by atoms with van der Waals surface area (Å²) in [5.74, 6) is 0.326. The van der Waals surface area contributed by atoms with E-state index < -0.39 is 6.10 Å². The first-order valence-electron chi connectivity index (χ1n) is 9.52. The Balaban J connectivity index is 1.72. The molecule has 2 aromatic heterocycles. The lowest BCUT2D eigenvalue weighted by molar-refractivity contribution is -0.125. The molecule has 1 aliphatic rings. The summed E-state index contributed by atoms with van der Waals surface area (Å²) >= 11 is 0. The molecular weight excluding hydrogens is 342 g/mol. The van der Waals surface area contributed by atoms with Crippen molar-refractivity contribution in [2.75, 3.05) is 18.0 Å². The largest absolute Gasteiger partial charge is 0.392 e. The van der Waals surface area contributed by atoms with Crippen LogP contribution in [0.25, 0.3) is 11.2 Å². The molecule has 27 heavy (non-hydrogen) atoms. The summed E-state index contributed by atoms with van der Waals surface area (Å²) < 4.78 is 0. The Labute approximate surface area is 160 Å². The lowest BCUT2D eigenvalue weighted by Crippen LogP contribution is -2.51. The number of hydrogen-bond acceptors (Lipinski definition) is 6. The summed E-state index contributed by atoms with van der Waals surface area (Å²) in [6.07, 6.45) is 5.45. The first kappa shape index (κ1) is 19.5. The number of aliphatic hydroxyl groups excluding tert-OH is 1. The Hall–Kier alpha value is -2.28. The summed E-state index contributed by atoms with van der Waals surface area (Å²) in [4.78, 5) is 27.7. The second-order valence-corrected chi connectivity index (χ2v) is 8.65. The molecule has 2 N–H and O–H groups in total. The first-order valence-corrected chi connectivity index (χ1v) is 9.52. The molecule has 1 aliphatic heterocycles. The van der Waals surface area contributed by atoms with Gasteiger partial charge in [-0.1, -0.05) is 27.7 Å². The number of nitrogens with zero attached hydrogens (tertiary/aromatic N) is 4. The number of carbonyl (C=O) groups excluding carboxylic acids is 1. The topological polar surface area (TPSA) is 91.2 Å². The molecule has 0 saturated carbocycles. The fourth-order valence-corrected chi connectivity index (χ4v) is 3.54. The van der Waals surface area contributed by atoms with Gasteiger partial charge >= 0.3 is 0 Å². The van der Waals surface area contributed by atoms with Gasteiger partial charge in [-0.3, -0.25) is 4.79 Å². The number of fused-ring (bicyclic) bond motifs is 1. The van der Waals surface area contributed by atoms with Gasteiger partial charge in [0.25, 0.3) is 0 Å². The van der Waals surface area contributed by atoms with Crippen LogP contribution >= 0.6 is 0 Å². The zero-order valence-corrected chi connectivity index (χ0v) is 16.5. The SMILES string of the molecule is C[C@H]1C[C@@H](NC(=O)C[C@H](O)C(C)(C)C)CN(c2ccnc3nccnc23)C1. The third-order valence-corrected chi connectivity index (χ3v) is 5.09. The average Bonchev–Trinajstić information content (AvgIpc) is 2.59. The minimum atomic E-state index is -0.658. The first-order chi connectivity index (χ1) is 12.7. The maximum atomic E-state index is 12.4. The van der Waals surface area contributed by atoms with Crippen molar-refractivity contribution >= 4 is 22.8 Å². The number of carbonyl (C=O) groups is 1. The van der Waals surface area contributed by atoms with E-state index in [2.05, 4.69) is 32.1 Å². The van der Waals surface area contributed by atoms with E-state index in [1.54, 1.807) is 18.6 Å². The van der Waals surface area contributed by atoms with Crippen molar-refractivity contribution in [3.8, 4) is 0 Å². The number of anilines is 1. The molecule has 0 aliphatic carbocycles. The van der Waals surface area contributed by atoms with E-state index in [1.807, 2.05) is 26.8 Å². The monoisotopic (exact) mass is 371 g/mol. The zero-order chi connectivity index (χ0) is 19.6. The maximum Gasteiger partial charge on any atom is 0.222 e. The van der Waals surface area contributed by atoms with E-state index in [9.17, 15) is 9.90 Å². The van der Waals surface area contributed by atoms with E-state index in [-0.39, 0.29) is 23.8 Å². The maximum absolute atomic E-state index is 12.4. The molecular formula is C20H29N5O2. The van der Waals surface area contributed by atoms with Gasteiger partial charge < -0.3 is 15.3 Å². The summed E-state index contributed by atoms with van der Waals surface area (Å²) in [7, 11) is 0. The average molecular weight is 371 g/mol. The van der Waals surface area contributed by atoms with Crippen molar-refractivity contribution < 1.29 is 9.90 Å². The minimum absolute atomic E-state index is 0.0355. The van der Waals surface area contributed by atoms with E-state index in [0.717, 1.165) is 24.2 Å². The van der Waals surface area contributed by atoms with E-state index in [1.165, 1.54) is 0 Å². The molecule has 0 aromatic carbocycles. The highest BCUT2D eigenvalue weighted by Gasteiger charge is 2.29. The highest BCUT2D eigenvalue weighted by molar-refractivity contribution is 5.85. The van der Waals surface area contributed by atoms with Crippen LogP contribution < -0.4 is 10.2 Å². The van der Waals surface area contributed by atoms with E-state index in [4.69, 9.17) is 0 Å². The number of amides is 1. The van der Waals surface area contributed by atoms with Crippen LogP contribution in [0.4, 0.5) is 5.69 Å². The van der Waals surface area contributed by atoms with Gasteiger partial charge in [-0.05, 0) is 23.8 Å². The number of piperidine rings is 1. The van der Waals surface area contributed by atoms with Crippen LogP contribution in [0.2, 0.25) is 0 Å². The predicted molar refractivity (Wildman–Crippen MR) is 105 cm³/mol. The van der Waals surface area contributed by atoms with Gasteiger partial charge in [0.05, 0.1) is 18.2 Å². The van der Waals surface area contributed by atoms with Crippen LogP contribution in [-0.2, 0) is 4.79 Å². The van der Waals surface area contributed by atoms with Crippen LogP contribution in [0, 0.1) is 11.3 Å². The Bertz CT molecular complexity index is 799. The number of nitrogens with one attached hydrogen (secondary N) is 1. The standard InChI is InChI=1S/C20H29N5O2/c1-13-9-14(24-17(27)10-16(26)20(2,3)4)12-25(11-13)15-5-6-22-19-18(15)21-7-8-23-19/h5-8,13-14,16,26H,9-12H2,1-4H3,(H,24,27)/t13-,14+,16-/m0/s1. The number of pyridine rings is 1. The molecule has 7 heteroatoms. The lowest BCUT2D eigenvalue weighted by atomic mass is 9.87. The number of aromatic nitrogens is 3. The highest BCUT2D eigenvalue weighted by Crippen LogP contribution is 2.27. The Morgan fingerprint density at radius 2 is 1.96 bits per heavy atom. The van der Waals surface area contributed by atoms with Crippen molar-refractivity contribution in [2.45, 2.75) is 52.7 Å². The molecule has 3 rings (SSSR count). The predicted octanol–water partition coefficient (Wildman–Crippen LogP) is 2.15. The van der Waals surface area contributed by atoms with Gasteiger partial charge in [0, 0.05) is 37.7 Å². The molecule has 3 heterocycles. The molecule has 146 valence electrons. The Morgan fingerprint density at radius 1 is 1.26 bits per heavy atom. The second kappa shape index (κ2) is 7.76. The number of aliphatic hydroxyl groups is 1. The summed E-state index contributed by atoms with van der Waals surface area (Å²) in [6.45, 7) is 9.59. The Kier molecular flexibility index (Phi) is 5.60. The molecule has 1 amide bonds. The van der Waals surface area contributed by atoms with Gasteiger partial charge in [-0.2, -0.15) is 0 Å². The lowest BCUT2D eigenvalue weighted by Gasteiger charge is -2.38. The van der Waals surface area contributed by atoms with Crippen LogP contribution in [0.1, 0.15) is 40.5 Å². The van der Waals surface area contributed by atoms with Crippen molar-refractivity contribution in [2.24, 2.45) is 11.3 Å². The van der Waals surface area contributed by atoms with Crippen molar-refractivity contribution in [1.82, 2.24) is 20.3 Å². The minimum Gasteiger partial charge on any atom is -0.392 e. The third kappa shape index (κ3) is 4.71. The highest BCUT2D eigenvalue weighted by atomic mass is 16.3. The zero-order valence-electron chi connectivity index (χ0n) is 16.5. The molecule has 0 spiro atoms. The fourth-order valence-electron chi connectivity index (χ4n) is 3.54.